The smallest absolute Gasteiger partial charge is 0.233 e. The van der Waals surface area contributed by atoms with Gasteiger partial charge in [0, 0.05) is 17.6 Å². The summed E-state index contributed by atoms with van der Waals surface area (Å²) in [5.41, 5.74) is 0. The summed E-state index contributed by atoms with van der Waals surface area (Å²) < 4.78 is 29.3. The highest BCUT2D eigenvalue weighted by Gasteiger charge is 2.21. The first-order chi connectivity index (χ1) is 7.64. The van der Waals surface area contributed by atoms with E-state index in [1.165, 1.54) is 25.4 Å². The zero-order chi connectivity index (χ0) is 11.6. The molecule has 2 aromatic heterocycles. The maximum absolute atomic E-state index is 12.1. The highest BCUT2D eigenvalue weighted by Crippen LogP contribution is 2.29. The van der Waals surface area contributed by atoms with E-state index in [2.05, 4.69) is 4.98 Å². The second-order valence-electron chi connectivity index (χ2n) is 2.98. The first kappa shape index (κ1) is 11.1. The van der Waals surface area contributed by atoms with Gasteiger partial charge in [-0.15, -0.1) is 11.3 Å². The predicted molar refractivity (Wildman–Crippen MR) is 60.6 cm³/mol. The third-order valence-electron chi connectivity index (χ3n) is 1.96. The van der Waals surface area contributed by atoms with E-state index >= 15 is 0 Å². The van der Waals surface area contributed by atoms with Crippen molar-refractivity contribution in [2.45, 2.75) is 9.24 Å². The summed E-state index contributed by atoms with van der Waals surface area (Å²) in [7, 11) is -2.00. The number of nitrogens with zero attached hydrogens (tertiary/aromatic N) is 1. The Labute approximate surface area is 97.5 Å². The molecule has 4 nitrogen and oxygen atoms in total. The number of rotatable bonds is 3. The number of hydrogen-bond donors (Lipinski definition) is 0. The third-order valence-corrected chi connectivity index (χ3v) is 5.05. The molecule has 0 saturated carbocycles. The molecule has 0 aliphatic carbocycles. The molecule has 2 heterocycles. The van der Waals surface area contributed by atoms with E-state index in [0.29, 0.717) is 5.75 Å². The van der Waals surface area contributed by atoms with Crippen LogP contribution in [0.25, 0.3) is 0 Å². The molecular weight excluding hydrogens is 246 g/mol. The second-order valence-corrected chi connectivity index (χ2v) is 6.01. The lowest BCUT2D eigenvalue weighted by Gasteiger charge is -1.99. The van der Waals surface area contributed by atoms with Gasteiger partial charge in [-0.3, -0.25) is 0 Å². The van der Waals surface area contributed by atoms with Crippen molar-refractivity contribution in [1.29, 1.82) is 0 Å². The van der Waals surface area contributed by atoms with Gasteiger partial charge in [0.1, 0.15) is 9.96 Å². The van der Waals surface area contributed by atoms with E-state index in [0.717, 1.165) is 11.3 Å². The van der Waals surface area contributed by atoms with Crippen LogP contribution in [-0.2, 0) is 9.84 Å². The second kappa shape index (κ2) is 4.23. The van der Waals surface area contributed by atoms with Crippen LogP contribution in [0.15, 0.2) is 45.1 Å². The van der Waals surface area contributed by atoms with E-state index < -0.39 is 9.84 Å². The van der Waals surface area contributed by atoms with Crippen molar-refractivity contribution >= 4 is 21.2 Å². The Kier molecular flexibility index (Phi) is 2.93. The molecule has 0 N–H and O–H groups in total. The van der Waals surface area contributed by atoms with Crippen LogP contribution in [0.4, 0.5) is 0 Å². The lowest BCUT2D eigenvalue weighted by molar-refractivity contribution is 0.416. The molecular formula is C10H9NO3S2. The molecule has 0 atom stereocenters. The Morgan fingerprint density at radius 1 is 1.38 bits per heavy atom. The summed E-state index contributed by atoms with van der Waals surface area (Å²) in [4.78, 5) is 3.84. The fraction of sp³-hybridized carbons (Fsp3) is 0.100. The average molecular weight is 255 g/mol. The molecule has 0 saturated heterocycles. The Bertz CT molecular complexity index is 575. The van der Waals surface area contributed by atoms with Crippen LogP contribution in [0.1, 0.15) is 0 Å². The largest absolute Gasteiger partial charge is 0.496 e. The van der Waals surface area contributed by atoms with Crippen molar-refractivity contribution in [3.8, 4) is 5.75 Å². The minimum atomic E-state index is -3.50. The summed E-state index contributed by atoms with van der Waals surface area (Å²) in [5.74, 6) is 0.541. The highest BCUT2D eigenvalue weighted by atomic mass is 32.2. The van der Waals surface area contributed by atoms with Crippen molar-refractivity contribution in [2.24, 2.45) is 0 Å². The van der Waals surface area contributed by atoms with Gasteiger partial charge in [0.05, 0.1) is 7.11 Å². The fourth-order valence-electron chi connectivity index (χ4n) is 1.16. The number of thiophene rings is 1. The van der Waals surface area contributed by atoms with E-state index in [4.69, 9.17) is 4.74 Å². The molecule has 0 radical (unpaired) electrons. The van der Waals surface area contributed by atoms with Crippen molar-refractivity contribution < 1.29 is 13.2 Å². The van der Waals surface area contributed by atoms with Gasteiger partial charge < -0.3 is 4.74 Å². The summed E-state index contributed by atoms with van der Waals surface area (Å²) in [6.45, 7) is 0. The third kappa shape index (κ3) is 1.94. The van der Waals surface area contributed by atoms with Crippen molar-refractivity contribution in [3.05, 3.63) is 35.8 Å². The number of ether oxygens (including phenoxy) is 1. The van der Waals surface area contributed by atoms with Gasteiger partial charge in [-0.25, -0.2) is 13.4 Å². The van der Waals surface area contributed by atoms with Crippen LogP contribution in [-0.4, -0.2) is 20.5 Å². The van der Waals surface area contributed by atoms with E-state index in [9.17, 15) is 8.42 Å². The van der Waals surface area contributed by atoms with Gasteiger partial charge in [0.15, 0.2) is 5.03 Å². The molecule has 0 amide bonds. The molecule has 0 aliphatic rings. The first-order valence-corrected chi connectivity index (χ1v) is 6.79. The normalized spacial score (nSPS) is 11.3. The SMILES string of the molecule is COc1csc(S(=O)(=O)c2ccccn2)c1. The molecule has 6 heteroatoms. The van der Waals surface area contributed by atoms with Gasteiger partial charge in [0.25, 0.3) is 0 Å². The topological polar surface area (TPSA) is 56.3 Å². The summed E-state index contributed by atoms with van der Waals surface area (Å²) >= 11 is 1.12. The van der Waals surface area contributed by atoms with Crippen molar-refractivity contribution in [1.82, 2.24) is 4.98 Å². The maximum Gasteiger partial charge on any atom is 0.233 e. The van der Waals surface area contributed by atoms with E-state index in [1.54, 1.807) is 17.5 Å². The number of hydrogen-bond acceptors (Lipinski definition) is 5. The molecule has 84 valence electrons. The van der Waals surface area contributed by atoms with Gasteiger partial charge in [-0.2, -0.15) is 0 Å². The zero-order valence-corrected chi connectivity index (χ0v) is 10.1. The molecule has 0 fully saturated rings. The van der Waals surface area contributed by atoms with Gasteiger partial charge in [-0.05, 0) is 12.1 Å². The summed E-state index contributed by atoms with van der Waals surface area (Å²) in [5, 5.41) is 1.70. The first-order valence-electron chi connectivity index (χ1n) is 4.43. The van der Waals surface area contributed by atoms with E-state index in [-0.39, 0.29) is 9.24 Å². The van der Waals surface area contributed by atoms with Crippen LogP contribution in [0, 0.1) is 0 Å². The standard InChI is InChI=1S/C10H9NO3S2/c1-14-8-6-10(15-7-8)16(12,13)9-4-2-3-5-11-9/h2-7H,1H3. The van der Waals surface area contributed by atoms with E-state index in [1.807, 2.05) is 0 Å². The Morgan fingerprint density at radius 2 is 2.19 bits per heavy atom. The molecule has 16 heavy (non-hydrogen) atoms. The molecule has 0 aromatic carbocycles. The summed E-state index contributed by atoms with van der Waals surface area (Å²) in [6.07, 6.45) is 1.46. The zero-order valence-electron chi connectivity index (χ0n) is 8.45. The van der Waals surface area contributed by atoms with Crippen LogP contribution >= 0.6 is 11.3 Å². The number of pyridine rings is 1. The van der Waals surface area contributed by atoms with Crippen LogP contribution in [0.3, 0.4) is 0 Å². The minimum Gasteiger partial charge on any atom is -0.496 e. The monoisotopic (exact) mass is 255 g/mol. The quantitative estimate of drug-likeness (QED) is 0.841. The maximum atomic E-state index is 12.1. The Balaban J connectivity index is 2.47. The molecule has 0 spiro atoms. The molecule has 2 aromatic rings. The number of aromatic nitrogens is 1. The lowest BCUT2D eigenvalue weighted by Crippen LogP contribution is -2.01. The van der Waals surface area contributed by atoms with Crippen molar-refractivity contribution in [2.75, 3.05) is 7.11 Å². The van der Waals surface area contributed by atoms with Crippen LogP contribution < -0.4 is 4.74 Å². The molecule has 0 bridgehead atoms. The van der Waals surface area contributed by atoms with Crippen LogP contribution in [0.5, 0.6) is 5.75 Å². The molecule has 0 aliphatic heterocycles. The Morgan fingerprint density at radius 3 is 2.75 bits per heavy atom. The van der Waals surface area contributed by atoms with Gasteiger partial charge in [0.2, 0.25) is 9.84 Å². The fourth-order valence-corrected chi connectivity index (χ4v) is 3.58. The minimum absolute atomic E-state index is 0.0551. The average Bonchev–Trinajstić information content (AvgIpc) is 2.79. The molecule has 0 unspecified atom stereocenters. The predicted octanol–water partition coefficient (Wildman–Crippen LogP) is 1.98. The lowest BCUT2D eigenvalue weighted by atomic mass is 10.5. The number of methoxy groups -OCH3 is 1. The van der Waals surface area contributed by atoms with Gasteiger partial charge >= 0.3 is 0 Å². The highest BCUT2D eigenvalue weighted by molar-refractivity contribution is 7.93. The van der Waals surface area contributed by atoms with Crippen LogP contribution in [0.2, 0.25) is 0 Å². The molecule has 2 rings (SSSR count). The Hall–Kier alpha value is -1.40. The number of sulfone groups is 1. The summed E-state index contributed by atoms with van der Waals surface area (Å²) in [6, 6.07) is 6.29. The van der Waals surface area contributed by atoms with Gasteiger partial charge in [-0.1, -0.05) is 6.07 Å². The van der Waals surface area contributed by atoms with Crippen molar-refractivity contribution in [3.63, 3.8) is 0 Å².